The third kappa shape index (κ3) is 3.77. The molecule has 3 N–H and O–H groups in total. The van der Waals surface area contributed by atoms with Crippen LogP contribution in [0.5, 0.6) is 0 Å². The minimum absolute atomic E-state index is 0.0260. The van der Waals surface area contributed by atoms with E-state index in [1.807, 2.05) is 24.3 Å². The Balaban J connectivity index is 1.63. The Bertz CT molecular complexity index is 897. The number of halogens is 1. The molecule has 1 heterocycles. The van der Waals surface area contributed by atoms with Gasteiger partial charge < -0.3 is 16.0 Å². The first-order valence-corrected chi connectivity index (χ1v) is 10.1. The quantitative estimate of drug-likeness (QED) is 0.814. The first-order valence-electron chi connectivity index (χ1n) is 9.71. The van der Waals surface area contributed by atoms with E-state index >= 15 is 0 Å². The van der Waals surface area contributed by atoms with E-state index in [0.717, 1.165) is 24.0 Å². The average Bonchev–Trinajstić information content (AvgIpc) is 3.56. The van der Waals surface area contributed by atoms with E-state index in [0.29, 0.717) is 36.0 Å². The van der Waals surface area contributed by atoms with Crippen LogP contribution in [-0.4, -0.2) is 35.3 Å². The second kappa shape index (κ2) is 7.94. The van der Waals surface area contributed by atoms with Gasteiger partial charge in [-0.2, -0.15) is 0 Å². The lowest BCUT2D eigenvalue weighted by Gasteiger charge is -2.37. The van der Waals surface area contributed by atoms with Gasteiger partial charge in [0.2, 0.25) is 5.91 Å². The number of carbonyl (C=O) groups is 2. The van der Waals surface area contributed by atoms with Crippen LogP contribution in [0.15, 0.2) is 48.5 Å². The lowest BCUT2D eigenvalue weighted by Crippen LogP contribution is -2.55. The highest BCUT2D eigenvalue weighted by atomic mass is 35.5. The highest BCUT2D eigenvalue weighted by molar-refractivity contribution is 6.33. The summed E-state index contributed by atoms with van der Waals surface area (Å²) in [4.78, 5) is 28.1. The van der Waals surface area contributed by atoms with E-state index in [1.165, 1.54) is 0 Å². The number of nitrogens with two attached hydrogens (primary N) is 1. The summed E-state index contributed by atoms with van der Waals surface area (Å²) in [5.41, 5.74) is 8.43. The van der Waals surface area contributed by atoms with Crippen LogP contribution in [0.2, 0.25) is 5.02 Å². The maximum absolute atomic E-state index is 13.3. The lowest BCUT2D eigenvalue weighted by atomic mass is 9.92. The standard InChI is InChI=1S/C22H24ClN3O2/c23-18-8-4-3-7-17(18)22(28)26-13-16-6-2-1-5-15(16)11-20(26)21(27)25-19(12-24)14-9-10-14/h1-8,14,19-20H,9-13,24H2,(H,25,27). The molecule has 1 saturated carbocycles. The Morgan fingerprint density at radius 2 is 1.79 bits per heavy atom. The summed E-state index contributed by atoms with van der Waals surface area (Å²) in [5.74, 6) is 0.0887. The highest BCUT2D eigenvalue weighted by Gasteiger charge is 2.38. The van der Waals surface area contributed by atoms with Crippen molar-refractivity contribution in [2.75, 3.05) is 6.54 Å². The van der Waals surface area contributed by atoms with Gasteiger partial charge in [0.05, 0.1) is 10.6 Å². The third-order valence-corrected chi connectivity index (χ3v) is 6.02. The van der Waals surface area contributed by atoms with E-state index in [1.54, 1.807) is 29.2 Å². The summed E-state index contributed by atoms with van der Waals surface area (Å²) in [7, 11) is 0. The molecule has 0 saturated heterocycles. The molecule has 0 bridgehead atoms. The molecule has 146 valence electrons. The van der Waals surface area contributed by atoms with Gasteiger partial charge in [0.25, 0.3) is 5.91 Å². The number of nitrogens with one attached hydrogen (secondary N) is 1. The summed E-state index contributed by atoms with van der Waals surface area (Å²) in [6.45, 7) is 0.799. The molecule has 2 aromatic carbocycles. The van der Waals surface area contributed by atoms with Crippen LogP contribution in [-0.2, 0) is 17.8 Å². The number of hydrogen-bond acceptors (Lipinski definition) is 3. The number of carbonyl (C=O) groups excluding carboxylic acids is 2. The SMILES string of the molecule is NCC(NC(=O)C1Cc2ccccc2CN1C(=O)c1ccccc1Cl)C1CC1. The molecule has 6 heteroatoms. The van der Waals surface area contributed by atoms with Crippen molar-refractivity contribution in [1.29, 1.82) is 0 Å². The second-order valence-corrected chi connectivity index (χ2v) is 8.00. The van der Waals surface area contributed by atoms with Crippen molar-refractivity contribution in [1.82, 2.24) is 10.2 Å². The molecule has 0 aromatic heterocycles. The Labute approximate surface area is 169 Å². The summed E-state index contributed by atoms with van der Waals surface area (Å²) in [5, 5.41) is 3.48. The number of hydrogen-bond donors (Lipinski definition) is 2. The summed E-state index contributed by atoms with van der Waals surface area (Å²) >= 11 is 6.26. The molecule has 2 atom stereocenters. The Morgan fingerprint density at radius 3 is 2.46 bits per heavy atom. The van der Waals surface area contributed by atoms with Gasteiger partial charge in [-0.3, -0.25) is 9.59 Å². The molecule has 2 unspecified atom stereocenters. The third-order valence-electron chi connectivity index (χ3n) is 5.69. The monoisotopic (exact) mass is 397 g/mol. The van der Waals surface area contributed by atoms with Crippen LogP contribution in [0.3, 0.4) is 0 Å². The fourth-order valence-electron chi connectivity index (χ4n) is 3.91. The number of amides is 2. The zero-order chi connectivity index (χ0) is 19.7. The molecule has 5 nitrogen and oxygen atoms in total. The number of benzene rings is 2. The van der Waals surface area contributed by atoms with Crippen molar-refractivity contribution in [2.45, 2.75) is 37.9 Å². The molecule has 1 aliphatic carbocycles. The molecule has 0 radical (unpaired) electrons. The van der Waals surface area contributed by atoms with Crippen molar-refractivity contribution in [3.63, 3.8) is 0 Å². The van der Waals surface area contributed by atoms with Gasteiger partial charge in [-0.1, -0.05) is 48.0 Å². The smallest absolute Gasteiger partial charge is 0.256 e. The number of rotatable bonds is 5. The topological polar surface area (TPSA) is 75.4 Å². The number of fused-ring (bicyclic) bond motifs is 1. The van der Waals surface area contributed by atoms with Gasteiger partial charge in [-0.15, -0.1) is 0 Å². The molecular formula is C22H24ClN3O2. The van der Waals surface area contributed by atoms with Crippen LogP contribution >= 0.6 is 11.6 Å². The summed E-state index contributed by atoms with van der Waals surface area (Å²) in [6, 6.07) is 14.3. The van der Waals surface area contributed by atoms with E-state index in [4.69, 9.17) is 17.3 Å². The molecule has 1 aliphatic heterocycles. The van der Waals surface area contributed by atoms with Crippen molar-refractivity contribution in [2.24, 2.45) is 11.7 Å². The van der Waals surface area contributed by atoms with Gasteiger partial charge in [-0.05, 0) is 42.0 Å². The number of nitrogens with zero attached hydrogens (tertiary/aromatic N) is 1. The van der Waals surface area contributed by atoms with E-state index < -0.39 is 6.04 Å². The van der Waals surface area contributed by atoms with Crippen molar-refractivity contribution in [3.05, 3.63) is 70.2 Å². The van der Waals surface area contributed by atoms with Crippen LogP contribution < -0.4 is 11.1 Å². The van der Waals surface area contributed by atoms with E-state index in [-0.39, 0.29) is 17.9 Å². The predicted octanol–water partition coefficient (Wildman–Crippen LogP) is 2.76. The molecule has 2 aromatic rings. The van der Waals surface area contributed by atoms with Crippen molar-refractivity contribution < 1.29 is 9.59 Å². The molecule has 4 rings (SSSR count). The maximum atomic E-state index is 13.3. The first-order chi connectivity index (χ1) is 13.6. The van der Waals surface area contributed by atoms with Gasteiger partial charge >= 0.3 is 0 Å². The van der Waals surface area contributed by atoms with Gasteiger partial charge in [0, 0.05) is 25.6 Å². The second-order valence-electron chi connectivity index (χ2n) is 7.59. The van der Waals surface area contributed by atoms with Crippen LogP contribution in [0.25, 0.3) is 0 Å². The molecule has 2 aliphatic rings. The lowest BCUT2D eigenvalue weighted by molar-refractivity contribution is -0.127. The fraction of sp³-hybridized carbons (Fsp3) is 0.364. The van der Waals surface area contributed by atoms with Crippen LogP contribution in [0.1, 0.15) is 34.3 Å². The van der Waals surface area contributed by atoms with Gasteiger partial charge in [0.1, 0.15) is 6.04 Å². The average molecular weight is 398 g/mol. The summed E-state index contributed by atoms with van der Waals surface area (Å²) < 4.78 is 0. The Kier molecular flexibility index (Phi) is 5.38. The maximum Gasteiger partial charge on any atom is 0.256 e. The molecule has 28 heavy (non-hydrogen) atoms. The highest BCUT2D eigenvalue weighted by Crippen LogP contribution is 2.33. The zero-order valence-corrected chi connectivity index (χ0v) is 16.4. The normalized spacial score (nSPS) is 19.6. The van der Waals surface area contributed by atoms with Crippen molar-refractivity contribution in [3.8, 4) is 0 Å². The largest absolute Gasteiger partial charge is 0.350 e. The zero-order valence-electron chi connectivity index (χ0n) is 15.6. The Hall–Kier alpha value is -2.37. The molecule has 1 fully saturated rings. The van der Waals surface area contributed by atoms with Gasteiger partial charge in [0.15, 0.2) is 0 Å². The van der Waals surface area contributed by atoms with E-state index in [9.17, 15) is 9.59 Å². The van der Waals surface area contributed by atoms with Crippen LogP contribution in [0.4, 0.5) is 0 Å². The minimum Gasteiger partial charge on any atom is -0.350 e. The molecule has 2 amide bonds. The van der Waals surface area contributed by atoms with Crippen molar-refractivity contribution >= 4 is 23.4 Å². The summed E-state index contributed by atoms with van der Waals surface area (Å²) in [6.07, 6.45) is 2.68. The first kappa shape index (κ1) is 19.0. The molecule has 0 spiro atoms. The van der Waals surface area contributed by atoms with Gasteiger partial charge in [-0.25, -0.2) is 0 Å². The fourth-order valence-corrected chi connectivity index (χ4v) is 4.12. The Morgan fingerprint density at radius 1 is 1.11 bits per heavy atom. The minimum atomic E-state index is -0.577. The van der Waals surface area contributed by atoms with E-state index in [2.05, 4.69) is 5.32 Å². The van der Waals surface area contributed by atoms with Crippen LogP contribution in [0, 0.1) is 5.92 Å². The predicted molar refractivity (Wildman–Crippen MR) is 109 cm³/mol. The molecular weight excluding hydrogens is 374 g/mol.